The van der Waals surface area contributed by atoms with Crippen molar-refractivity contribution < 1.29 is 18.7 Å². The summed E-state index contributed by atoms with van der Waals surface area (Å²) in [6, 6.07) is 5.77. The molecule has 4 heterocycles. The van der Waals surface area contributed by atoms with Gasteiger partial charge in [0.1, 0.15) is 29.7 Å². The fourth-order valence-corrected chi connectivity index (χ4v) is 6.40. The van der Waals surface area contributed by atoms with Crippen molar-refractivity contribution in [1.29, 1.82) is 0 Å². The Balaban J connectivity index is 1.13. The molecule has 0 bridgehead atoms. The zero-order chi connectivity index (χ0) is 28.7. The molecule has 1 aromatic carbocycles. The lowest BCUT2D eigenvalue weighted by Crippen LogP contribution is -2.65. The molecule has 0 atom stereocenters. The average Bonchev–Trinajstić information content (AvgIpc) is 2.90. The van der Waals surface area contributed by atoms with Crippen molar-refractivity contribution in [1.82, 2.24) is 30.4 Å². The molecule has 10 nitrogen and oxygen atoms in total. The number of amides is 1. The van der Waals surface area contributed by atoms with Gasteiger partial charge in [0, 0.05) is 67.6 Å². The van der Waals surface area contributed by atoms with Crippen molar-refractivity contribution in [2.75, 3.05) is 24.5 Å². The average molecular weight is 562 g/mol. The van der Waals surface area contributed by atoms with E-state index in [4.69, 9.17) is 9.47 Å². The van der Waals surface area contributed by atoms with Crippen molar-refractivity contribution in [3.05, 3.63) is 59.4 Å². The molecule has 216 valence electrons. The van der Waals surface area contributed by atoms with Crippen LogP contribution in [0.4, 0.5) is 10.2 Å². The highest BCUT2D eigenvalue weighted by molar-refractivity contribution is 5.97. The van der Waals surface area contributed by atoms with Gasteiger partial charge in [-0.1, -0.05) is 0 Å². The van der Waals surface area contributed by atoms with E-state index in [0.29, 0.717) is 5.82 Å². The number of aromatic nitrogens is 4. The number of hydrogen-bond acceptors (Lipinski definition) is 9. The summed E-state index contributed by atoms with van der Waals surface area (Å²) in [5, 5.41) is 11.5. The van der Waals surface area contributed by atoms with Gasteiger partial charge in [-0.05, 0) is 64.8 Å². The third kappa shape index (κ3) is 5.30. The maximum absolute atomic E-state index is 14.3. The number of rotatable bonds is 8. The molecule has 0 radical (unpaired) electrons. The van der Waals surface area contributed by atoms with Gasteiger partial charge in [-0.25, -0.2) is 9.37 Å². The van der Waals surface area contributed by atoms with Crippen LogP contribution < -0.4 is 19.7 Å². The van der Waals surface area contributed by atoms with Crippen LogP contribution in [0.5, 0.6) is 17.4 Å². The van der Waals surface area contributed by atoms with Gasteiger partial charge in [-0.2, -0.15) is 0 Å². The lowest BCUT2D eigenvalue weighted by molar-refractivity contribution is -0.0350. The first kappa shape index (κ1) is 27.3. The van der Waals surface area contributed by atoms with E-state index in [1.807, 2.05) is 40.0 Å². The van der Waals surface area contributed by atoms with Crippen LogP contribution in [-0.4, -0.2) is 68.8 Å². The molecule has 11 heteroatoms. The number of carbonyl (C=O) groups is 1. The molecular weight excluding hydrogens is 525 g/mol. The van der Waals surface area contributed by atoms with Crippen LogP contribution in [0.25, 0.3) is 0 Å². The Labute approximate surface area is 239 Å². The Kier molecular flexibility index (Phi) is 7.23. The minimum atomic E-state index is -0.513. The first-order valence-corrected chi connectivity index (χ1v) is 14.3. The summed E-state index contributed by atoms with van der Waals surface area (Å²) in [4.78, 5) is 26.2. The highest BCUT2D eigenvalue weighted by atomic mass is 19.1. The first-order chi connectivity index (χ1) is 19.7. The van der Waals surface area contributed by atoms with Crippen LogP contribution in [0.1, 0.15) is 62.2 Å². The second-order valence-electron chi connectivity index (χ2n) is 11.9. The highest BCUT2D eigenvalue weighted by Crippen LogP contribution is 2.52. The zero-order valence-corrected chi connectivity index (χ0v) is 23.9. The van der Waals surface area contributed by atoms with E-state index in [-0.39, 0.29) is 46.7 Å². The molecule has 1 aliphatic carbocycles. The Morgan fingerprint density at radius 3 is 2.66 bits per heavy atom. The van der Waals surface area contributed by atoms with Crippen molar-refractivity contribution in [2.45, 2.75) is 71.7 Å². The van der Waals surface area contributed by atoms with Gasteiger partial charge < -0.3 is 24.6 Å². The van der Waals surface area contributed by atoms with E-state index in [1.165, 1.54) is 30.1 Å². The van der Waals surface area contributed by atoms with E-state index in [9.17, 15) is 9.18 Å². The van der Waals surface area contributed by atoms with Crippen LogP contribution in [0, 0.1) is 11.2 Å². The lowest BCUT2D eigenvalue weighted by Gasteiger charge is -2.58. The third-order valence-corrected chi connectivity index (χ3v) is 8.21. The summed E-state index contributed by atoms with van der Waals surface area (Å²) >= 11 is 0. The Bertz CT molecular complexity index is 1430. The van der Waals surface area contributed by atoms with Gasteiger partial charge in [0.2, 0.25) is 0 Å². The monoisotopic (exact) mass is 561 g/mol. The van der Waals surface area contributed by atoms with Crippen LogP contribution in [0.2, 0.25) is 0 Å². The first-order valence-electron chi connectivity index (χ1n) is 14.3. The predicted octanol–water partition coefficient (Wildman–Crippen LogP) is 4.15. The number of nitrogens with one attached hydrogen (secondary N) is 1. The SMILES string of the molecule is CC(C)N(C(=O)c1cc(F)ccc1Oc1nncnc1N1CC2(CC(Oc3ccnc4c3CNCC4)C2)C1)C(C)C. The molecule has 2 aliphatic heterocycles. The number of hydrogen-bond donors (Lipinski definition) is 1. The van der Waals surface area contributed by atoms with E-state index in [0.717, 1.165) is 56.9 Å². The molecular formula is C30H36FN7O3. The standard InChI is InChI=1S/C30H36FN7O3/c1-18(2)38(19(3)4)29(39)22-11-20(31)5-6-25(22)41-28-27(34-17-35-36-28)37-15-30(16-37)12-21(13-30)40-26-8-10-33-24-7-9-32-14-23(24)26/h5-6,8,10-11,17-19,21,32H,7,9,12-16H2,1-4H3. The summed E-state index contributed by atoms with van der Waals surface area (Å²) in [5.74, 6) is 1.07. The number of benzene rings is 1. The number of ether oxygens (including phenoxy) is 2. The van der Waals surface area contributed by atoms with Crippen molar-refractivity contribution >= 4 is 11.7 Å². The molecule has 41 heavy (non-hydrogen) atoms. The lowest BCUT2D eigenvalue weighted by atomic mass is 9.61. The molecule has 1 amide bonds. The molecule has 6 rings (SSSR count). The number of fused-ring (bicyclic) bond motifs is 1. The summed E-state index contributed by atoms with van der Waals surface area (Å²) < 4.78 is 26.8. The van der Waals surface area contributed by atoms with Crippen LogP contribution in [0.15, 0.2) is 36.8 Å². The fraction of sp³-hybridized carbons (Fsp3) is 0.500. The van der Waals surface area contributed by atoms with E-state index < -0.39 is 5.82 Å². The summed E-state index contributed by atoms with van der Waals surface area (Å²) in [5.41, 5.74) is 2.59. The maximum Gasteiger partial charge on any atom is 0.282 e. The fourth-order valence-electron chi connectivity index (χ4n) is 6.40. The van der Waals surface area contributed by atoms with Crippen LogP contribution in [-0.2, 0) is 13.0 Å². The van der Waals surface area contributed by atoms with Crippen molar-refractivity contribution in [2.24, 2.45) is 5.41 Å². The molecule has 2 aromatic heterocycles. The predicted molar refractivity (Wildman–Crippen MR) is 151 cm³/mol. The molecule has 1 N–H and O–H groups in total. The van der Waals surface area contributed by atoms with Gasteiger partial charge in [0.05, 0.1) is 5.56 Å². The molecule has 1 saturated carbocycles. The summed E-state index contributed by atoms with van der Waals surface area (Å²) in [6.45, 7) is 11.1. The van der Waals surface area contributed by atoms with Gasteiger partial charge in [-0.3, -0.25) is 9.78 Å². The zero-order valence-electron chi connectivity index (χ0n) is 23.9. The Hall–Kier alpha value is -3.86. The van der Waals surface area contributed by atoms with Gasteiger partial charge in [0.15, 0.2) is 5.82 Å². The number of nitrogens with zero attached hydrogens (tertiary/aromatic N) is 6. The van der Waals surface area contributed by atoms with Crippen molar-refractivity contribution in [3.8, 4) is 17.4 Å². The third-order valence-electron chi connectivity index (χ3n) is 8.21. The Morgan fingerprint density at radius 1 is 1.12 bits per heavy atom. The molecule has 0 unspecified atom stereocenters. The normalized spacial score (nSPS) is 17.7. The molecule has 1 spiro atoms. The number of halogens is 1. The number of anilines is 1. The van der Waals surface area contributed by atoms with Gasteiger partial charge >= 0.3 is 0 Å². The largest absolute Gasteiger partial charge is 0.490 e. The second kappa shape index (κ2) is 10.8. The van der Waals surface area contributed by atoms with E-state index in [1.54, 1.807) is 4.90 Å². The number of carbonyl (C=O) groups excluding carboxylic acids is 1. The van der Waals surface area contributed by atoms with E-state index >= 15 is 0 Å². The minimum absolute atomic E-state index is 0.0689. The van der Waals surface area contributed by atoms with Crippen LogP contribution in [0.3, 0.4) is 0 Å². The number of pyridine rings is 1. The van der Waals surface area contributed by atoms with Gasteiger partial charge in [-0.15, -0.1) is 10.2 Å². The molecule has 3 aromatic rings. The van der Waals surface area contributed by atoms with E-state index in [2.05, 4.69) is 30.4 Å². The van der Waals surface area contributed by atoms with Gasteiger partial charge in [0.25, 0.3) is 11.8 Å². The van der Waals surface area contributed by atoms with Crippen molar-refractivity contribution in [3.63, 3.8) is 0 Å². The Morgan fingerprint density at radius 2 is 1.90 bits per heavy atom. The second-order valence-corrected chi connectivity index (χ2v) is 11.9. The highest BCUT2D eigenvalue weighted by Gasteiger charge is 2.54. The maximum atomic E-state index is 14.3. The topological polar surface area (TPSA) is 106 Å². The summed E-state index contributed by atoms with van der Waals surface area (Å²) in [7, 11) is 0. The molecule has 2 fully saturated rings. The smallest absolute Gasteiger partial charge is 0.282 e. The summed E-state index contributed by atoms with van der Waals surface area (Å²) in [6.07, 6.45) is 6.23. The van der Waals surface area contributed by atoms with Crippen LogP contribution >= 0.6 is 0 Å². The molecule has 3 aliphatic rings. The molecule has 1 saturated heterocycles. The quantitative estimate of drug-likeness (QED) is 0.434. The minimum Gasteiger partial charge on any atom is -0.490 e.